The zero-order valence-corrected chi connectivity index (χ0v) is 25.6. The van der Waals surface area contributed by atoms with Crippen LogP contribution in [-0.4, -0.2) is 4.57 Å². The van der Waals surface area contributed by atoms with Gasteiger partial charge in [0.25, 0.3) is 0 Å². The van der Waals surface area contributed by atoms with Crippen molar-refractivity contribution in [1.82, 2.24) is 4.57 Å². The number of benzene rings is 8. The lowest BCUT2D eigenvalue weighted by molar-refractivity contribution is 1.19. The molecule has 2 heterocycles. The van der Waals surface area contributed by atoms with Gasteiger partial charge >= 0.3 is 0 Å². The van der Waals surface area contributed by atoms with Gasteiger partial charge in [-0.05, 0) is 79.2 Å². The van der Waals surface area contributed by atoms with E-state index < -0.39 is 0 Å². The van der Waals surface area contributed by atoms with E-state index in [1.807, 2.05) is 11.3 Å². The monoisotopic (exact) mass is 599 g/mol. The third-order valence-electron chi connectivity index (χ3n) is 10.1. The predicted octanol–water partition coefficient (Wildman–Crippen LogP) is 12.8. The molecular formula is C44H25NS. The van der Waals surface area contributed by atoms with Crippen LogP contribution in [0.2, 0.25) is 0 Å². The number of nitrogens with zero attached hydrogens (tertiary/aromatic N) is 1. The van der Waals surface area contributed by atoms with E-state index in [1.54, 1.807) is 0 Å². The summed E-state index contributed by atoms with van der Waals surface area (Å²) in [6.45, 7) is 0. The first-order valence-corrected chi connectivity index (χ1v) is 16.7. The minimum Gasteiger partial charge on any atom is -0.308 e. The average Bonchev–Trinajstić information content (AvgIpc) is 3.78. The molecular weight excluding hydrogens is 575 g/mol. The molecule has 212 valence electrons. The molecule has 0 saturated carbocycles. The highest BCUT2D eigenvalue weighted by molar-refractivity contribution is 7.27. The number of rotatable bonds is 2. The van der Waals surface area contributed by atoms with Crippen molar-refractivity contribution in [1.29, 1.82) is 0 Å². The van der Waals surface area contributed by atoms with Crippen LogP contribution in [0, 0.1) is 0 Å². The fourth-order valence-electron chi connectivity index (χ4n) is 8.27. The maximum atomic E-state index is 2.52. The molecule has 1 aliphatic carbocycles. The van der Waals surface area contributed by atoms with E-state index in [1.165, 1.54) is 103 Å². The molecule has 0 atom stereocenters. The second kappa shape index (κ2) is 8.94. The van der Waals surface area contributed by atoms with Gasteiger partial charge in [-0.3, -0.25) is 0 Å². The molecule has 10 aromatic rings. The van der Waals surface area contributed by atoms with E-state index in [0.717, 1.165) is 0 Å². The topological polar surface area (TPSA) is 4.93 Å². The SMILES string of the molecule is c1cc(-c2ccc3c4c(cccc24)-c2ccccc2-3)cc(-n2c3ccccc3c3c4ccccc4c4c5ccccc5sc4c32)c1. The normalized spacial score (nSPS) is 12.3. The Labute approximate surface area is 269 Å². The molecule has 2 heteroatoms. The summed E-state index contributed by atoms with van der Waals surface area (Å²) in [6, 6.07) is 56.2. The summed E-state index contributed by atoms with van der Waals surface area (Å²) in [5, 5.41) is 10.6. The van der Waals surface area contributed by atoms with Crippen molar-refractivity contribution in [2.24, 2.45) is 0 Å². The van der Waals surface area contributed by atoms with Gasteiger partial charge in [0.05, 0.1) is 15.7 Å². The standard InChI is InChI=1S/C44H25NS/c1-2-14-30-29(13-1)32-20-10-19-31-28(23-24-35(30)40(31)32)26-11-9-12-27(25-26)45-38-21-7-5-17-36(38)41-33-15-3-4-16-34(33)42-37-18-6-8-22-39(37)46-44(42)43(41)45/h1-25H. The maximum absolute atomic E-state index is 2.52. The lowest BCUT2D eigenvalue weighted by Gasteiger charge is -2.14. The van der Waals surface area contributed by atoms with E-state index in [2.05, 4.69) is 156 Å². The van der Waals surface area contributed by atoms with Gasteiger partial charge in [-0.2, -0.15) is 0 Å². The van der Waals surface area contributed by atoms with Crippen molar-refractivity contribution < 1.29 is 0 Å². The zero-order valence-electron chi connectivity index (χ0n) is 24.8. The van der Waals surface area contributed by atoms with Crippen LogP contribution in [-0.2, 0) is 0 Å². The number of fused-ring (bicyclic) bond motifs is 13. The number of para-hydroxylation sites is 1. The van der Waals surface area contributed by atoms with Gasteiger partial charge in [0.15, 0.2) is 0 Å². The molecule has 0 spiro atoms. The van der Waals surface area contributed by atoms with Gasteiger partial charge in [0, 0.05) is 31.9 Å². The molecule has 0 N–H and O–H groups in total. The molecule has 2 aromatic heterocycles. The Bertz CT molecular complexity index is 2890. The average molecular weight is 600 g/mol. The Morgan fingerprint density at radius 3 is 1.85 bits per heavy atom. The van der Waals surface area contributed by atoms with Crippen LogP contribution in [0.5, 0.6) is 0 Å². The molecule has 46 heavy (non-hydrogen) atoms. The molecule has 0 bridgehead atoms. The van der Waals surface area contributed by atoms with Crippen molar-refractivity contribution >= 4 is 74.9 Å². The van der Waals surface area contributed by atoms with Crippen LogP contribution < -0.4 is 0 Å². The summed E-state index contributed by atoms with van der Waals surface area (Å²) in [7, 11) is 0. The molecule has 0 saturated heterocycles. The van der Waals surface area contributed by atoms with Crippen LogP contribution in [0.1, 0.15) is 0 Å². The minimum atomic E-state index is 1.18. The second-order valence-electron chi connectivity index (χ2n) is 12.4. The number of hydrogen-bond acceptors (Lipinski definition) is 1. The lowest BCUT2D eigenvalue weighted by atomic mass is 9.94. The van der Waals surface area contributed by atoms with Gasteiger partial charge in [-0.15, -0.1) is 11.3 Å². The molecule has 11 rings (SSSR count). The van der Waals surface area contributed by atoms with Crippen molar-refractivity contribution in [3.8, 4) is 39.1 Å². The Morgan fingerprint density at radius 2 is 1.00 bits per heavy atom. The predicted molar refractivity (Wildman–Crippen MR) is 199 cm³/mol. The maximum Gasteiger partial charge on any atom is 0.0726 e. The van der Waals surface area contributed by atoms with Gasteiger partial charge in [0.2, 0.25) is 0 Å². The van der Waals surface area contributed by atoms with Gasteiger partial charge in [0.1, 0.15) is 0 Å². The van der Waals surface area contributed by atoms with Crippen LogP contribution >= 0.6 is 11.3 Å². The van der Waals surface area contributed by atoms with Crippen LogP contribution in [0.25, 0.3) is 103 Å². The molecule has 1 nitrogen and oxygen atoms in total. The van der Waals surface area contributed by atoms with Crippen LogP contribution in [0.4, 0.5) is 0 Å². The van der Waals surface area contributed by atoms with Crippen molar-refractivity contribution in [3.63, 3.8) is 0 Å². The lowest BCUT2D eigenvalue weighted by Crippen LogP contribution is -1.95. The van der Waals surface area contributed by atoms with E-state index >= 15 is 0 Å². The molecule has 1 aliphatic rings. The summed E-state index contributed by atoms with van der Waals surface area (Å²) in [4.78, 5) is 0. The zero-order chi connectivity index (χ0) is 29.9. The number of hydrogen-bond donors (Lipinski definition) is 0. The Morgan fingerprint density at radius 1 is 0.391 bits per heavy atom. The number of aromatic nitrogens is 1. The van der Waals surface area contributed by atoms with E-state index in [-0.39, 0.29) is 0 Å². The van der Waals surface area contributed by atoms with E-state index in [0.29, 0.717) is 0 Å². The molecule has 0 aliphatic heterocycles. The first-order chi connectivity index (χ1) is 22.8. The molecule has 0 amide bonds. The third-order valence-corrected chi connectivity index (χ3v) is 11.3. The first-order valence-electron chi connectivity index (χ1n) is 15.9. The van der Waals surface area contributed by atoms with E-state index in [9.17, 15) is 0 Å². The second-order valence-corrected chi connectivity index (χ2v) is 13.5. The summed E-state index contributed by atoms with van der Waals surface area (Å²) >= 11 is 1.92. The first kappa shape index (κ1) is 24.6. The summed E-state index contributed by atoms with van der Waals surface area (Å²) < 4.78 is 5.20. The highest BCUT2D eigenvalue weighted by Gasteiger charge is 2.24. The Hall–Kier alpha value is -5.70. The van der Waals surface area contributed by atoms with Gasteiger partial charge < -0.3 is 4.57 Å². The highest BCUT2D eigenvalue weighted by Crippen LogP contribution is 2.50. The third kappa shape index (κ3) is 3.09. The van der Waals surface area contributed by atoms with Crippen molar-refractivity contribution in [2.45, 2.75) is 0 Å². The molecule has 0 unspecified atom stereocenters. The summed E-state index contributed by atoms with van der Waals surface area (Å²) in [6.07, 6.45) is 0. The molecule has 0 fully saturated rings. The molecule has 0 radical (unpaired) electrons. The van der Waals surface area contributed by atoms with Crippen molar-refractivity contribution in [3.05, 3.63) is 152 Å². The van der Waals surface area contributed by atoms with Crippen LogP contribution in [0.15, 0.2) is 152 Å². The summed E-state index contributed by atoms with van der Waals surface area (Å²) in [5.74, 6) is 0. The Kier molecular flexibility index (Phi) is 4.78. The minimum absolute atomic E-state index is 1.18. The smallest absolute Gasteiger partial charge is 0.0726 e. The highest BCUT2D eigenvalue weighted by atomic mass is 32.1. The van der Waals surface area contributed by atoms with Crippen molar-refractivity contribution in [2.75, 3.05) is 0 Å². The van der Waals surface area contributed by atoms with Gasteiger partial charge in [-0.25, -0.2) is 0 Å². The Balaban J connectivity index is 1.24. The largest absolute Gasteiger partial charge is 0.308 e. The quantitative estimate of drug-likeness (QED) is 0.186. The van der Waals surface area contributed by atoms with Gasteiger partial charge in [-0.1, -0.05) is 127 Å². The summed E-state index contributed by atoms with van der Waals surface area (Å²) in [5.41, 5.74) is 11.6. The molecule has 8 aromatic carbocycles. The fourth-order valence-corrected chi connectivity index (χ4v) is 9.53. The fraction of sp³-hybridized carbons (Fsp3) is 0. The van der Waals surface area contributed by atoms with E-state index in [4.69, 9.17) is 0 Å². The van der Waals surface area contributed by atoms with Crippen LogP contribution in [0.3, 0.4) is 0 Å². The number of thiophene rings is 1.